The summed E-state index contributed by atoms with van der Waals surface area (Å²) in [6.45, 7) is 0.395. The van der Waals surface area contributed by atoms with E-state index >= 15 is 0 Å². The summed E-state index contributed by atoms with van der Waals surface area (Å²) in [5.41, 5.74) is 4.24. The van der Waals surface area contributed by atoms with E-state index in [0.29, 0.717) is 16.8 Å². The van der Waals surface area contributed by atoms with Crippen LogP contribution in [0.4, 0.5) is 0 Å². The number of carbonyl (C=O) groups excluding carboxylic acids is 1. The highest BCUT2D eigenvalue weighted by molar-refractivity contribution is 7.99. The number of thioether (sulfide) groups is 1. The van der Waals surface area contributed by atoms with Crippen LogP contribution in [0.1, 0.15) is 11.1 Å². The van der Waals surface area contributed by atoms with Crippen molar-refractivity contribution in [3.8, 4) is 5.75 Å². The first-order valence-electron chi connectivity index (χ1n) is 8.39. The van der Waals surface area contributed by atoms with Gasteiger partial charge in [-0.2, -0.15) is 5.10 Å². The zero-order chi connectivity index (χ0) is 19.6. The Bertz CT molecular complexity index is 936. The molecule has 0 unspecified atom stereocenters. The van der Waals surface area contributed by atoms with Crippen LogP contribution in [0.15, 0.2) is 77.2 Å². The highest BCUT2D eigenvalue weighted by Gasteiger charge is 2.03. The van der Waals surface area contributed by atoms with Crippen molar-refractivity contribution >= 4 is 35.5 Å². The SMILES string of the molecule is O=C(CSc1ncccn1)N/N=C/c1ccc(OCc2ccccc2Cl)cc1. The first kappa shape index (κ1) is 19.9. The fourth-order valence-electron chi connectivity index (χ4n) is 2.13. The Morgan fingerprint density at radius 2 is 1.86 bits per heavy atom. The highest BCUT2D eigenvalue weighted by Crippen LogP contribution is 2.18. The maximum atomic E-state index is 11.8. The zero-order valence-electron chi connectivity index (χ0n) is 14.8. The standard InChI is InChI=1S/C20H17ClN4O2S/c21-18-5-2-1-4-16(18)13-27-17-8-6-15(7-9-17)12-24-25-19(26)14-28-20-22-10-3-11-23-20/h1-12H,13-14H2,(H,25,26)/b24-12+. The summed E-state index contributed by atoms with van der Waals surface area (Å²) in [4.78, 5) is 19.9. The molecule has 0 saturated heterocycles. The molecule has 1 N–H and O–H groups in total. The van der Waals surface area contributed by atoms with Gasteiger partial charge in [-0.1, -0.05) is 41.6 Å². The van der Waals surface area contributed by atoms with Crippen molar-refractivity contribution in [3.05, 3.63) is 83.1 Å². The van der Waals surface area contributed by atoms with Crippen molar-refractivity contribution in [2.24, 2.45) is 5.10 Å². The molecule has 1 aromatic heterocycles. The number of aromatic nitrogens is 2. The van der Waals surface area contributed by atoms with Crippen molar-refractivity contribution in [2.75, 3.05) is 5.75 Å². The van der Waals surface area contributed by atoms with E-state index in [1.807, 2.05) is 48.5 Å². The minimum absolute atomic E-state index is 0.191. The van der Waals surface area contributed by atoms with Crippen LogP contribution in [0, 0.1) is 0 Å². The Morgan fingerprint density at radius 1 is 1.11 bits per heavy atom. The van der Waals surface area contributed by atoms with Gasteiger partial charge in [-0.05, 0) is 42.0 Å². The smallest absolute Gasteiger partial charge is 0.250 e. The molecule has 1 heterocycles. The zero-order valence-corrected chi connectivity index (χ0v) is 16.4. The lowest BCUT2D eigenvalue weighted by atomic mass is 10.2. The molecule has 0 bridgehead atoms. The summed E-state index contributed by atoms with van der Waals surface area (Å²) in [5, 5.41) is 5.18. The third-order valence-electron chi connectivity index (χ3n) is 3.51. The number of carbonyl (C=O) groups is 1. The minimum atomic E-state index is -0.228. The first-order chi connectivity index (χ1) is 13.7. The van der Waals surface area contributed by atoms with Gasteiger partial charge in [-0.25, -0.2) is 15.4 Å². The molecule has 3 rings (SSSR count). The number of ether oxygens (including phenoxy) is 1. The molecule has 0 radical (unpaired) electrons. The second kappa shape index (κ2) is 10.4. The van der Waals surface area contributed by atoms with E-state index in [1.54, 1.807) is 24.7 Å². The molecule has 0 fully saturated rings. The van der Waals surface area contributed by atoms with Crippen LogP contribution >= 0.6 is 23.4 Å². The van der Waals surface area contributed by atoms with E-state index in [2.05, 4.69) is 20.5 Å². The van der Waals surface area contributed by atoms with Crippen LogP contribution in [0.3, 0.4) is 0 Å². The molecule has 0 aliphatic rings. The van der Waals surface area contributed by atoms with Crippen LogP contribution in [-0.4, -0.2) is 27.8 Å². The third kappa shape index (κ3) is 6.37. The molecular formula is C20H17ClN4O2S. The van der Waals surface area contributed by atoms with E-state index in [0.717, 1.165) is 16.9 Å². The molecule has 142 valence electrons. The number of nitrogens with one attached hydrogen (secondary N) is 1. The Hall–Kier alpha value is -2.90. The lowest BCUT2D eigenvalue weighted by molar-refractivity contribution is -0.118. The summed E-state index contributed by atoms with van der Waals surface area (Å²) < 4.78 is 5.73. The van der Waals surface area contributed by atoms with Gasteiger partial charge < -0.3 is 4.74 Å². The molecule has 3 aromatic rings. The average molecular weight is 413 g/mol. The molecule has 6 nitrogen and oxygen atoms in total. The molecule has 1 amide bonds. The molecule has 0 spiro atoms. The number of benzene rings is 2. The fraction of sp³-hybridized carbons (Fsp3) is 0.100. The van der Waals surface area contributed by atoms with Crippen molar-refractivity contribution in [1.82, 2.24) is 15.4 Å². The summed E-state index contributed by atoms with van der Waals surface area (Å²) in [6, 6.07) is 16.7. The monoisotopic (exact) mass is 412 g/mol. The summed E-state index contributed by atoms with van der Waals surface area (Å²) in [5.74, 6) is 0.685. The fourth-order valence-corrected chi connectivity index (χ4v) is 2.91. The normalized spacial score (nSPS) is 10.8. The Labute approximate surface area is 172 Å². The van der Waals surface area contributed by atoms with Crippen molar-refractivity contribution in [1.29, 1.82) is 0 Å². The van der Waals surface area contributed by atoms with Gasteiger partial charge in [0.1, 0.15) is 12.4 Å². The number of hydrazone groups is 1. The van der Waals surface area contributed by atoms with Gasteiger partial charge in [0, 0.05) is 23.0 Å². The number of hydrogen-bond donors (Lipinski definition) is 1. The minimum Gasteiger partial charge on any atom is -0.489 e. The summed E-state index contributed by atoms with van der Waals surface area (Å²) in [6.07, 6.45) is 4.83. The molecule has 0 aliphatic carbocycles. The second-order valence-corrected chi connectivity index (χ2v) is 6.91. The predicted molar refractivity (Wildman–Crippen MR) is 111 cm³/mol. The van der Waals surface area contributed by atoms with Gasteiger partial charge in [-0.3, -0.25) is 4.79 Å². The molecule has 28 heavy (non-hydrogen) atoms. The number of halogens is 1. The van der Waals surface area contributed by atoms with Gasteiger partial charge in [0.25, 0.3) is 5.91 Å². The molecule has 8 heteroatoms. The average Bonchev–Trinajstić information content (AvgIpc) is 2.73. The van der Waals surface area contributed by atoms with Crippen LogP contribution in [0.5, 0.6) is 5.75 Å². The number of amides is 1. The Morgan fingerprint density at radius 3 is 2.61 bits per heavy atom. The van der Waals surface area contributed by atoms with Crippen LogP contribution in [0.2, 0.25) is 5.02 Å². The van der Waals surface area contributed by atoms with Crippen molar-refractivity contribution in [2.45, 2.75) is 11.8 Å². The molecule has 0 saturated carbocycles. The van der Waals surface area contributed by atoms with Gasteiger partial charge in [-0.15, -0.1) is 0 Å². The maximum absolute atomic E-state index is 11.8. The quantitative estimate of drug-likeness (QED) is 0.262. The number of rotatable bonds is 8. The van der Waals surface area contributed by atoms with E-state index in [9.17, 15) is 4.79 Å². The molecular weight excluding hydrogens is 396 g/mol. The van der Waals surface area contributed by atoms with Crippen LogP contribution in [-0.2, 0) is 11.4 Å². The number of hydrogen-bond acceptors (Lipinski definition) is 6. The second-order valence-electron chi connectivity index (χ2n) is 5.56. The van der Waals surface area contributed by atoms with Gasteiger partial charge >= 0.3 is 0 Å². The van der Waals surface area contributed by atoms with Crippen molar-refractivity contribution in [3.63, 3.8) is 0 Å². The topological polar surface area (TPSA) is 76.5 Å². The van der Waals surface area contributed by atoms with Crippen molar-refractivity contribution < 1.29 is 9.53 Å². The lowest BCUT2D eigenvalue weighted by Crippen LogP contribution is -2.19. The largest absolute Gasteiger partial charge is 0.489 e. The first-order valence-corrected chi connectivity index (χ1v) is 9.75. The van der Waals surface area contributed by atoms with E-state index in [4.69, 9.17) is 16.3 Å². The molecule has 0 aliphatic heterocycles. The number of nitrogens with zero attached hydrogens (tertiary/aromatic N) is 3. The molecule has 2 aromatic carbocycles. The van der Waals surface area contributed by atoms with Crippen LogP contribution < -0.4 is 10.2 Å². The summed E-state index contributed by atoms with van der Waals surface area (Å²) in [7, 11) is 0. The Kier molecular flexibility index (Phi) is 7.40. The third-order valence-corrected chi connectivity index (χ3v) is 4.75. The summed E-state index contributed by atoms with van der Waals surface area (Å²) >= 11 is 7.36. The van der Waals surface area contributed by atoms with E-state index in [-0.39, 0.29) is 11.7 Å². The highest BCUT2D eigenvalue weighted by atomic mass is 35.5. The molecule has 0 atom stereocenters. The van der Waals surface area contributed by atoms with Gasteiger partial charge in [0.15, 0.2) is 5.16 Å². The van der Waals surface area contributed by atoms with E-state index in [1.165, 1.54) is 11.8 Å². The van der Waals surface area contributed by atoms with Gasteiger partial charge in [0.05, 0.1) is 12.0 Å². The predicted octanol–water partition coefficient (Wildman–Crippen LogP) is 3.95. The van der Waals surface area contributed by atoms with Gasteiger partial charge in [0.2, 0.25) is 0 Å². The lowest BCUT2D eigenvalue weighted by Gasteiger charge is -2.07. The maximum Gasteiger partial charge on any atom is 0.250 e. The van der Waals surface area contributed by atoms with Crippen LogP contribution in [0.25, 0.3) is 0 Å². The van der Waals surface area contributed by atoms with E-state index < -0.39 is 0 Å². The Balaban J connectivity index is 1.43.